The van der Waals surface area contributed by atoms with E-state index < -0.39 is 0 Å². The van der Waals surface area contributed by atoms with Crippen LogP contribution in [0.25, 0.3) is 0 Å². The van der Waals surface area contributed by atoms with Gasteiger partial charge >= 0.3 is 0 Å². The molecule has 90 valence electrons. The predicted octanol–water partition coefficient (Wildman–Crippen LogP) is 2.44. The Labute approximate surface area is 95.5 Å². The number of nitrogens with one attached hydrogen (secondary N) is 1. The zero-order chi connectivity index (χ0) is 11.8. The van der Waals surface area contributed by atoms with Gasteiger partial charge in [0.1, 0.15) is 5.82 Å². The summed E-state index contributed by atoms with van der Waals surface area (Å²) in [5.41, 5.74) is 3.79. The Bertz CT molecular complexity index is 307. The standard InChI is InChI=1S/C12H18FNO2/c1-3-12(14-16-8-7-15-2)10-5-4-6-11(13)9-10/h4-6,9,12,14H,3,7-8H2,1-2H3. The van der Waals surface area contributed by atoms with Crippen molar-refractivity contribution >= 4 is 0 Å². The fourth-order valence-electron chi connectivity index (χ4n) is 1.39. The molecule has 0 aromatic heterocycles. The lowest BCUT2D eigenvalue weighted by molar-refractivity contribution is -0.0131. The number of rotatable bonds is 7. The summed E-state index contributed by atoms with van der Waals surface area (Å²) >= 11 is 0. The Morgan fingerprint density at radius 2 is 2.19 bits per heavy atom. The summed E-state index contributed by atoms with van der Waals surface area (Å²) in [6, 6.07) is 6.53. The van der Waals surface area contributed by atoms with Crippen molar-refractivity contribution in [2.75, 3.05) is 20.3 Å². The molecule has 0 aliphatic carbocycles. The largest absolute Gasteiger partial charge is 0.382 e. The van der Waals surface area contributed by atoms with Crippen LogP contribution in [0, 0.1) is 5.82 Å². The van der Waals surface area contributed by atoms with Gasteiger partial charge in [-0.3, -0.25) is 4.84 Å². The van der Waals surface area contributed by atoms with E-state index in [1.165, 1.54) is 12.1 Å². The molecule has 1 atom stereocenters. The number of ether oxygens (including phenoxy) is 1. The highest BCUT2D eigenvalue weighted by molar-refractivity contribution is 5.19. The van der Waals surface area contributed by atoms with E-state index in [-0.39, 0.29) is 11.9 Å². The maximum absolute atomic E-state index is 13.0. The lowest BCUT2D eigenvalue weighted by atomic mass is 10.1. The molecule has 4 heteroatoms. The van der Waals surface area contributed by atoms with E-state index in [9.17, 15) is 4.39 Å². The van der Waals surface area contributed by atoms with E-state index in [0.29, 0.717) is 13.2 Å². The Balaban J connectivity index is 2.47. The highest BCUT2D eigenvalue weighted by Gasteiger charge is 2.09. The quantitative estimate of drug-likeness (QED) is 0.573. The molecule has 0 saturated carbocycles. The molecule has 1 rings (SSSR count). The van der Waals surface area contributed by atoms with Gasteiger partial charge in [-0.25, -0.2) is 4.39 Å². The third-order valence-corrected chi connectivity index (χ3v) is 2.27. The van der Waals surface area contributed by atoms with Gasteiger partial charge in [-0.15, -0.1) is 0 Å². The number of benzene rings is 1. The summed E-state index contributed by atoms with van der Waals surface area (Å²) in [5.74, 6) is -0.227. The molecule has 0 aliphatic rings. The van der Waals surface area contributed by atoms with Gasteiger partial charge < -0.3 is 4.74 Å². The molecule has 1 aromatic carbocycles. The number of halogens is 1. The van der Waals surface area contributed by atoms with Crippen molar-refractivity contribution in [1.82, 2.24) is 5.48 Å². The molecular weight excluding hydrogens is 209 g/mol. The maximum atomic E-state index is 13.0. The zero-order valence-corrected chi connectivity index (χ0v) is 9.70. The fourth-order valence-corrected chi connectivity index (χ4v) is 1.39. The van der Waals surface area contributed by atoms with Crippen LogP contribution in [0.2, 0.25) is 0 Å². The highest BCUT2D eigenvalue weighted by atomic mass is 19.1. The Morgan fingerprint density at radius 1 is 1.38 bits per heavy atom. The minimum atomic E-state index is -0.227. The molecule has 0 spiro atoms. The van der Waals surface area contributed by atoms with Gasteiger partial charge in [0.05, 0.1) is 19.3 Å². The first-order valence-corrected chi connectivity index (χ1v) is 5.39. The lowest BCUT2D eigenvalue weighted by Crippen LogP contribution is -2.23. The SMILES string of the molecule is CCC(NOCCOC)c1cccc(F)c1. The van der Waals surface area contributed by atoms with Crippen LogP contribution >= 0.6 is 0 Å². The normalized spacial score (nSPS) is 12.7. The average molecular weight is 227 g/mol. The summed E-state index contributed by atoms with van der Waals surface area (Å²) in [5, 5.41) is 0. The highest BCUT2D eigenvalue weighted by Crippen LogP contribution is 2.17. The monoisotopic (exact) mass is 227 g/mol. The Morgan fingerprint density at radius 3 is 2.81 bits per heavy atom. The van der Waals surface area contributed by atoms with E-state index in [1.807, 2.05) is 13.0 Å². The topological polar surface area (TPSA) is 30.5 Å². The molecule has 0 fully saturated rings. The third kappa shape index (κ3) is 4.26. The smallest absolute Gasteiger partial charge is 0.123 e. The molecule has 0 heterocycles. The van der Waals surface area contributed by atoms with E-state index in [2.05, 4.69) is 5.48 Å². The Kier molecular flexibility index (Phi) is 6.00. The summed E-state index contributed by atoms with van der Waals surface area (Å²) in [6.07, 6.45) is 0.830. The second kappa shape index (κ2) is 7.33. The lowest BCUT2D eigenvalue weighted by Gasteiger charge is -2.17. The molecule has 0 amide bonds. The van der Waals surface area contributed by atoms with E-state index in [0.717, 1.165) is 12.0 Å². The van der Waals surface area contributed by atoms with Crippen molar-refractivity contribution in [3.8, 4) is 0 Å². The van der Waals surface area contributed by atoms with E-state index in [1.54, 1.807) is 13.2 Å². The first-order chi connectivity index (χ1) is 7.77. The van der Waals surface area contributed by atoms with E-state index in [4.69, 9.17) is 9.57 Å². The molecule has 16 heavy (non-hydrogen) atoms. The molecule has 1 unspecified atom stereocenters. The minimum absolute atomic E-state index is 0.00700. The van der Waals surface area contributed by atoms with Gasteiger partial charge in [-0.2, -0.15) is 5.48 Å². The number of hydrogen-bond donors (Lipinski definition) is 1. The van der Waals surface area contributed by atoms with Crippen LogP contribution in [0.3, 0.4) is 0 Å². The minimum Gasteiger partial charge on any atom is -0.382 e. The van der Waals surface area contributed by atoms with Crippen molar-refractivity contribution in [3.63, 3.8) is 0 Å². The molecule has 1 aromatic rings. The zero-order valence-electron chi connectivity index (χ0n) is 9.70. The first kappa shape index (κ1) is 13.1. The second-order valence-electron chi connectivity index (χ2n) is 3.47. The van der Waals surface area contributed by atoms with Crippen molar-refractivity contribution in [1.29, 1.82) is 0 Å². The van der Waals surface area contributed by atoms with Gasteiger partial charge in [0.15, 0.2) is 0 Å². The van der Waals surface area contributed by atoms with Crippen molar-refractivity contribution in [2.45, 2.75) is 19.4 Å². The summed E-state index contributed by atoms with van der Waals surface area (Å²) in [7, 11) is 1.62. The number of hydrogen-bond acceptors (Lipinski definition) is 3. The van der Waals surface area contributed by atoms with Crippen LogP contribution in [-0.4, -0.2) is 20.3 Å². The summed E-state index contributed by atoms with van der Waals surface area (Å²) in [4.78, 5) is 5.22. The Hall–Kier alpha value is -0.970. The fraction of sp³-hybridized carbons (Fsp3) is 0.500. The summed E-state index contributed by atoms with van der Waals surface area (Å²) < 4.78 is 17.9. The molecule has 0 saturated heterocycles. The second-order valence-corrected chi connectivity index (χ2v) is 3.47. The van der Waals surface area contributed by atoms with Crippen LogP contribution < -0.4 is 5.48 Å². The van der Waals surface area contributed by atoms with Crippen molar-refractivity contribution < 1.29 is 14.0 Å². The average Bonchev–Trinajstić information content (AvgIpc) is 2.29. The predicted molar refractivity (Wildman–Crippen MR) is 60.4 cm³/mol. The molecule has 3 nitrogen and oxygen atoms in total. The van der Waals surface area contributed by atoms with Gasteiger partial charge in [-0.1, -0.05) is 19.1 Å². The van der Waals surface area contributed by atoms with Gasteiger partial charge in [0.25, 0.3) is 0 Å². The third-order valence-electron chi connectivity index (χ3n) is 2.27. The van der Waals surface area contributed by atoms with Crippen molar-refractivity contribution in [2.24, 2.45) is 0 Å². The van der Waals surface area contributed by atoms with Gasteiger partial charge in [0.2, 0.25) is 0 Å². The van der Waals surface area contributed by atoms with Crippen LogP contribution in [0.4, 0.5) is 4.39 Å². The summed E-state index contributed by atoms with van der Waals surface area (Å²) in [6.45, 7) is 3.02. The number of hydroxylamine groups is 1. The molecule has 1 N–H and O–H groups in total. The van der Waals surface area contributed by atoms with E-state index >= 15 is 0 Å². The maximum Gasteiger partial charge on any atom is 0.123 e. The van der Waals surface area contributed by atoms with Crippen molar-refractivity contribution in [3.05, 3.63) is 35.6 Å². The molecular formula is C12H18FNO2. The molecule has 0 radical (unpaired) electrons. The van der Waals surface area contributed by atoms with Crippen LogP contribution in [0.15, 0.2) is 24.3 Å². The molecule has 0 bridgehead atoms. The first-order valence-electron chi connectivity index (χ1n) is 5.39. The van der Waals surface area contributed by atoms with Crippen LogP contribution in [-0.2, 0) is 9.57 Å². The molecule has 0 aliphatic heterocycles. The van der Waals surface area contributed by atoms with Crippen LogP contribution in [0.1, 0.15) is 24.9 Å². The number of methoxy groups -OCH3 is 1. The van der Waals surface area contributed by atoms with Gasteiger partial charge in [-0.05, 0) is 24.1 Å². The van der Waals surface area contributed by atoms with Gasteiger partial charge in [0, 0.05) is 7.11 Å². The van der Waals surface area contributed by atoms with Crippen LogP contribution in [0.5, 0.6) is 0 Å².